The molecule has 0 aromatic heterocycles. The zero-order chi connectivity index (χ0) is 18.6. The van der Waals surface area contributed by atoms with E-state index >= 15 is 0 Å². The maximum Gasteiger partial charge on any atom is 0.280 e. The van der Waals surface area contributed by atoms with Gasteiger partial charge in [-0.15, -0.1) is 70.6 Å². The van der Waals surface area contributed by atoms with Crippen LogP contribution in [-0.4, -0.2) is 69.0 Å². The van der Waals surface area contributed by atoms with Crippen molar-refractivity contribution >= 4 is 104 Å². The van der Waals surface area contributed by atoms with Crippen LogP contribution in [0.4, 0.5) is 4.79 Å². The number of amides is 1. The highest BCUT2D eigenvalue weighted by Gasteiger charge is 2.01. The third-order valence-corrected chi connectivity index (χ3v) is 10.7. The highest BCUT2D eigenvalue weighted by atomic mass is 32.3. The summed E-state index contributed by atoms with van der Waals surface area (Å²) in [5.74, 6) is 2.06. The fourth-order valence-corrected chi connectivity index (χ4v) is 8.34. The van der Waals surface area contributed by atoms with E-state index in [0.717, 1.165) is 20.3 Å². The number of aliphatic imine (C=N–C) groups is 1. The van der Waals surface area contributed by atoms with Crippen LogP contribution in [0.1, 0.15) is 6.92 Å². The minimum Gasteiger partial charge on any atom is -0.386 e. The predicted molar refractivity (Wildman–Crippen MR) is 130 cm³/mol. The molecule has 0 heterocycles. The van der Waals surface area contributed by atoms with Gasteiger partial charge in [-0.1, -0.05) is 18.7 Å². The molecule has 0 radical (unpaired) electrons. The Bertz CT molecular complexity index is 376. The average Bonchev–Trinajstić information content (AvgIpc) is 2.62. The number of aliphatic hydroxyl groups is 1. The summed E-state index contributed by atoms with van der Waals surface area (Å²) >= 11 is 11.5. The van der Waals surface area contributed by atoms with Gasteiger partial charge >= 0.3 is 0 Å². The lowest BCUT2D eigenvalue weighted by Gasteiger charge is -2.04. The van der Waals surface area contributed by atoms with Crippen molar-refractivity contribution in [3.63, 3.8) is 0 Å². The lowest BCUT2D eigenvalue weighted by molar-refractivity contribution is 0.262. The first-order chi connectivity index (χ1) is 12.2. The van der Waals surface area contributed by atoms with Gasteiger partial charge in [0, 0.05) is 31.2 Å². The minimum absolute atomic E-state index is 0.00864. The predicted octanol–water partition coefficient (Wildman–Crippen LogP) is 4.28. The molecule has 2 N–H and O–H groups in total. The molecule has 0 rings (SSSR count). The third kappa shape index (κ3) is 21.9. The quantitative estimate of drug-likeness (QED) is 0.131. The van der Waals surface area contributed by atoms with Crippen LogP contribution in [0, 0.1) is 0 Å². The van der Waals surface area contributed by atoms with Crippen LogP contribution in [0.15, 0.2) is 4.99 Å². The molecule has 0 aliphatic rings. The van der Waals surface area contributed by atoms with E-state index in [-0.39, 0.29) is 11.2 Å². The average molecular weight is 501 g/mol. The number of hydrogen-bond donors (Lipinski definition) is 2. The van der Waals surface area contributed by atoms with Gasteiger partial charge in [-0.3, -0.25) is 14.0 Å². The van der Waals surface area contributed by atoms with Gasteiger partial charge in [-0.05, 0) is 0 Å². The Hall–Kier alpha value is 1.70. The topological polar surface area (TPSA) is 78.8 Å². The monoisotopic (exact) mass is 500 g/mol. The maximum absolute atomic E-state index is 11.5. The Morgan fingerprint density at radius 1 is 1.04 bits per heavy atom. The molecule has 0 bridgehead atoms. The number of rotatable bonds is 17. The molecule has 0 fully saturated rings. The normalized spacial score (nSPS) is 12.6. The number of nitrogens with zero attached hydrogens (tertiary/aromatic N) is 1. The van der Waals surface area contributed by atoms with Crippen LogP contribution in [0.3, 0.4) is 0 Å². The van der Waals surface area contributed by atoms with Gasteiger partial charge in [-0.2, -0.15) is 0 Å². The second-order valence-electron chi connectivity index (χ2n) is 3.78. The molecule has 1 amide bonds. The van der Waals surface area contributed by atoms with E-state index in [1.807, 2.05) is 30.4 Å². The molecule has 0 aliphatic carbocycles. The summed E-state index contributed by atoms with van der Waals surface area (Å²) in [5.41, 5.74) is 1.53. The van der Waals surface area contributed by atoms with Crippen molar-refractivity contribution < 1.29 is 14.1 Å². The Balaban J connectivity index is 3.21. The molecule has 5 nitrogen and oxygen atoms in total. The van der Waals surface area contributed by atoms with E-state index < -0.39 is 10.8 Å². The summed E-state index contributed by atoms with van der Waals surface area (Å²) in [4.78, 5) is 15.6. The molecule has 1 unspecified atom stereocenters. The van der Waals surface area contributed by atoms with Crippen molar-refractivity contribution in [2.45, 2.75) is 6.92 Å². The molecular weight excluding hydrogens is 477 g/mol. The van der Waals surface area contributed by atoms with Crippen LogP contribution in [-0.2, 0) is 10.8 Å². The molecule has 25 heavy (non-hydrogen) atoms. The summed E-state index contributed by atoms with van der Waals surface area (Å²) in [6, 6.07) is 0. The van der Waals surface area contributed by atoms with Crippen molar-refractivity contribution in [2.24, 2.45) is 4.99 Å². The minimum atomic E-state index is -0.909. The third-order valence-electron chi connectivity index (χ3n) is 1.99. The molecule has 0 aromatic rings. The Kier molecular flexibility index (Phi) is 23.5. The second kappa shape index (κ2) is 22.0. The summed E-state index contributed by atoms with van der Waals surface area (Å²) in [6.45, 7) is 1.88. The largest absolute Gasteiger partial charge is 0.386 e. The molecule has 0 aromatic carbocycles. The highest BCUT2D eigenvalue weighted by Crippen LogP contribution is 2.21. The van der Waals surface area contributed by atoms with Crippen LogP contribution in [0.2, 0.25) is 0 Å². The van der Waals surface area contributed by atoms with Crippen LogP contribution in [0.25, 0.3) is 0 Å². The fourth-order valence-electron chi connectivity index (χ4n) is 0.951. The first-order valence-electron chi connectivity index (χ1n) is 7.05. The van der Waals surface area contributed by atoms with Gasteiger partial charge in [0.25, 0.3) is 5.24 Å². The van der Waals surface area contributed by atoms with Gasteiger partial charge in [-0.25, -0.2) is 0 Å². The Morgan fingerprint density at radius 3 is 2.40 bits per heavy atom. The number of carbonyl (C=O) groups is 1. The van der Waals surface area contributed by atoms with Crippen LogP contribution < -0.4 is 5.32 Å². The van der Waals surface area contributed by atoms with Crippen molar-refractivity contribution in [1.82, 2.24) is 5.32 Å². The number of thioether (sulfide) groups is 7. The van der Waals surface area contributed by atoms with Gasteiger partial charge < -0.3 is 10.4 Å². The lowest BCUT2D eigenvalue weighted by Crippen LogP contribution is -2.17. The SMILES string of the molecule is CCS(=O)/C=N/CSCSCSCSCNC(=O)SCSCSCO. The summed E-state index contributed by atoms with van der Waals surface area (Å²) in [6.07, 6.45) is 0. The molecule has 0 saturated heterocycles. The van der Waals surface area contributed by atoms with Crippen LogP contribution in [0.5, 0.6) is 0 Å². The summed E-state index contributed by atoms with van der Waals surface area (Å²) < 4.78 is 11.1. The number of aliphatic hydroxyl groups excluding tert-OH is 1. The molecule has 0 spiro atoms. The van der Waals surface area contributed by atoms with Crippen LogP contribution >= 0.6 is 82.3 Å². The molecule has 0 saturated carbocycles. The summed E-state index contributed by atoms with van der Waals surface area (Å²) in [5, 5.41) is 16.0. The van der Waals surface area contributed by atoms with Gasteiger partial charge in [0.05, 0.1) is 34.0 Å². The number of carbonyl (C=O) groups excluding carboxylic acids is 1. The van der Waals surface area contributed by atoms with Crippen molar-refractivity contribution in [2.75, 3.05) is 48.9 Å². The van der Waals surface area contributed by atoms with E-state index in [2.05, 4.69) is 10.3 Å². The van der Waals surface area contributed by atoms with Crippen molar-refractivity contribution in [1.29, 1.82) is 0 Å². The van der Waals surface area contributed by atoms with Gasteiger partial charge in [0.15, 0.2) is 0 Å². The van der Waals surface area contributed by atoms with Gasteiger partial charge in [0.2, 0.25) is 0 Å². The Morgan fingerprint density at radius 2 is 1.68 bits per heavy atom. The van der Waals surface area contributed by atoms with E-state index in [9.17, 15) is 9.00 Å². The Labute approximate surface area is 182 Å². The van der Waals surface area contributed by atoms with E-state index in [4.69, 9.17) is 5.11 Å². The molecule has 1 atom stereocenters. The van der Waals surface area contributed by atoms with E-state index in [0.29, 0.717) is 22.6 Å². The van der Waals surface area contributed by atoms with E-state index in [1.165, 1.54) is 29.1 Å². The van der Waals surface area contributed by atoms with Crippen molar-refractivity contribution in [3.05, 3.63) is 0 Å². The number of nitrogens with one attached hydrogen (secondary N) is 1. The molecule has 148 valence electrons. The molecule has 0 aliphatic heterocycles. The lowest BCUT2D eigenvalue weighted by atomic mass is 11.0. The second-order valence-corrected chi connectivity index (χ2v) is 14.0. The molecular formula is C12H24N2O3S8. The van der Waals surface area contributed by atoms with Crippen molar-refractivity contribution in [3.8, 4) is 0 Å². The van der Waals surface area contributed by atoms with E-state index in [1.54, 1.807) is 35.3 Å². The number of hydrogen-bond acceptors (Lipinski definition) is 11. The first kappa shape index (κ1) is 26.7. The summed E-state index contributed by atoms with van der Waals surface area (Å²) in [7, 11) is -0.909. The highest BCUT2D eigenvalue weighted by molar-refractivity contribution is 8.27. The smallest absolute Gasteiger partial charge is 0.280 e. The molecule has 13 heteroatoms. The first-order valence-corrected chi connectivity index (χ1v) is 16.3. The zero-order valence-corrected chi connectivity index (χ0v) is 20.5. The zero-order valence-electron chi connectivity index (χ0n) is 13.9. The maximum atomic E-state index is 11.5. The van der Waals surface area contributed by atoms with Gasteiger partial charge in [0.1, 0.15) is 0 Å². The standard InChI is InChI=1S/C12H24N2O3S8/c1-2-25(17)5-13-3-18-7-21-10-22-8-19-4-14-12(16)24-11-23-9-20-6-15/h5,15H,2-4,6-11H2,1H3,(H,14,16)/b13-5+. The fraction of sp³-hybridized carbons (Fsp3) is 0.833.